The molecule has 0 aliphatic heterocycles. The number of nitrogens with zero attached hydrogens (tertiary/aromatic N) is 3. The summed E-state index contributed by atoms with van der Waals surface area (Å²) in [6, 6.07) is 7.50. The maximum Gasteiger partial charge on any atom is 0.167 e. The molecule has 0 spiro atoms. The Kier molecular flexibility index (Phi) is 6.26. The summed E-state index contributed by atoms with van der Waals surface area (Å²) in [5, 5.41) is 0. The molecule has 116 valence electrons. The lowest BCUT2D eigenvalue weighted by Gasteiger charge is -2.06. The molecule has 2 aromatic rings. The van der Waals surface area contributed by atoms with Crippen molar-refractivity contribution in [3.63, 3.8) is 0 Å². The maximum atomic E-state index is 5.79. The topological polar surface area (TPSA) is 47.9 Å². The molecule has 0 aliphatic rings. The Morgan fingerprint density at radius 2 is 1.41 bits per heavy atom. The summed E-state index contributed by atoms with van der Waals surface area (Å²) >= 11 is 23.2. The van der Waals surface area contributed by atoms with Crippen LogP contribution in [-0.4, -0.2) is 22.1 Å². The summed E-state index contributed by atoms with van der Waals surface area (Å²) in [6.07, 6.45) is 3.53. The van der Waals surface area contributed by atoms with Crippen LogP contribution < -0.4 is 4.74 Å². The van der Waals surface area contributed by atoms with Gasteiger partial charge in [0.05, 0.1) is 7.11 Å². The molecule has 1 aromatic carbocycles. The van der Waals surface area contributed by atoms with E-state index in [4.69, 9.17) is 51.1 Å². The van der Waals surface area contributed by atoms with Crippen LogP contribution in [0, 0.1) is 0 Å². The number of aromatic nitrogens is 3. The van der Waals surface area contributed by atoms with Gasteiger partial charge in [-0.25, -0.2) is 15.0 Å². The zero-order chi connectivity index (χ0) is 16.1. The lowest BCUT2D eigenvalue weighted by Crippen LogP contribution is -2.05. The van der Waals surface area contributed by atoms with E-state index >= 15 is 0 Å². The molecule has 0 aliphatic carbocycles. The Morgan fingerprint density at radius 1 is 0.864 bits per heavy atom. The number of alkyl halides is 4. The molecule has 0 radical (unpaired) electrons. The first-order chi connectivity index (χ1) is 10.5. The van der Waals surface area contributed by atoms with Gasteiger partial charge in [0.15, 0.2) is 27.1 Å². The van der Waals surface area contributed by atoms with Crippen molar-refractivity contribution in [2.24, 2.45) is 0 Å². The predicted octanol–water partition coefficient (Wildman–Crippen LogP) is 5.00. The molecule has 0 unspecified atom stereocenters. The molecule has 0 saturated carbocycles. The molecule has 8 heteroatoms. The summed E-state index contributed by atoms with van der Waals surface area (Å²) in [7, 11) is 1.61. The highest BCUT2D eigenvalue weighted by Crippen LogP contribution is 2.26. The molecule has 4 nitrogen and oxygen atoms in total. The molecular formula is C14H11Cl4N3O. The van der Waals surface area contributed by atoms with Crippen molar-refractivity contribution >= 4 is 58.6 Å². The summed E-state index contributed by atoms with van der Waals surface area (Å²) < 4.78 is 5.10. The van der Waals surface area contributed by atoms with E-state index in [0.29, 0.717) is 5.82 Å². The minimum absolute atomic E-state index is 0.203. The fraction of sp³-hybridized carbons (Fsp3) is 0.214. The van der Waals surface area contributed by atoms with Crippen molar-refractivity contribution in [2.45, 2.75) is 9.67 Å². The third kappa shape index (κ3) is 4.71. The Hall–Kier alpha value is -1.07. The molecule has 2 rings (SSSR count). The van der Waals surface area contributed by atoms with Crippen LogP contribution in [0.15, 0.2) is 24.3 Å². The molecule has 1 aromatic heterocycles. The van der Waals surface area contributed by atoms with Crippen molar-refractivity contribution in [1.82, 2.24) is 15.0 Å². The third-order valence-electron chi connectivity index (χ3n) is 2.62. The highest BCUT2D eigenvalue weighted by molar-refractivity contribution is 6.44. The van der Waals surface area contributed by atoms with Crippen molar-refractivity contribution in [3.8, 4) is 5.75 Å². The second kappa shape index (κ2) is 7.97. The van der Waals surface area contributed by atoms with Crippen molar-refractivity contribution < 1.29 is 4.74 Å². The largest absolute Gasteiger partial charge is 0.497 e. The van der Waals surface area contributed by atoms with Gasteiger partial charge in [0.1, 0.15) is 5.75 Å². The molecule has 22 heavy (non-hydrogen) atoms. The smallest absolute Gasteiger partial charge is 0.167 e. The molecule has 1 heterocycles. The van der Waals surface area contributed by atoms with Crippen LogP contribution in [0.25, 0.3) is 12.2 Å². The fourth-order valence-corrected chi connectivity index (χ4v) is 1.97. The van der Waals surface area contributed by atoms with Crippen molar-refractivity contribution in [3.05, 3.63) is 47.3 Å². The Bertz CT molecular complexity index is 633. The van der Waals surface area contributed by atoms with Crippen molar-refractivity contribution in [2.75, 3.05) is 7.11 Å². The van der Waals surface area contributed by atoms with Crippen LogP contribution >= 0.6 is 46.4 Å². The first-order valence-electron chi connectivity index (χ1n) is 6.14. The number of hydrogen-bond acceptors (Lipinski definition) is 4. The van der Waals surface area contributed by atoms with Gasteiger partial charge in [-0.3, -0.25) is 0 Å². The summed E-state index contributed by atoms with van der Waals surface area (Å²) in [4.78, 5) is 10.5. The predicted molar refractivity (Wildman–Crippen MR) is 90.6 cm³/mol. The molecule has 0 N–H and O–H groups in total. The Labute approximate surface area is 148 Å². The van der Waals surface area contributed by atoms with E-state index < -0.39 is 9.67 Å². The van der Waals surface area contributed by atoms with E-state index in [2.05, 4.69) is 15.0 Å². The average Bonchev–Trinajstić information content (AvgIpc) is 2.53. The molecule has 0 bridgehead atoms. The summed E-state index contributed by atoms with van der Waals surface area (Å²) in [5.74, 6) is 1.55. The van der Waals surface area contributed by atoms with Gasteiger partial charge in [-0.15, -0.1) is 0 Å². The minimum Gasteiger partial charge on any atom is -0.497 e. The van der Waals surface area contributed by atoms with E-state index in [9.17, 15) is 0 Å². The molecule has 0 amide bonds. The highest BCUT2D eigenvalue weighted by atomic mass is 35.5. The van der Waals surface area contributed by atoms with Crippen LogP contribution in [0.3, 0.4) is 0 Å². The monoisotopic (exact) mass is 377 g/mol. The second-order valence-electron chi connectivity index (χ2n) is 4.12. The van der Waals surface area contributed by atoms with E-state index in [1.54, 1.807) is 13.2 Å². The summed E-state index contributed by atoms with van der Waals surface area (Å²) in [6.45, 7) is 0. The first-order valence-corrected chi connectivity index (χ1v) is 7.88. The van der Waals surface area contributed by atoms with Crippen LogP contribution in [0.2, 0.25) is 0 Å². The number of hydrogen-bond donors (Lipinski definition) is 0. The number of methoxy groups -OCH3 is 1. The maximum absolute atomic E-state index is 5.79. The van der Waals surface area contributed by atoms with E-state index in [-0.39, 0.29) is 11.6 Å². The Morgan fingerprint density at radius 3 is 1.86 bits per heavy atom. The van der Waals surface area contributed by atoms with Gasteiger partial charge in [0.25, 0.3) is 0 Å². The van der Waals surface area contributed by atoms with E-state index in [1.807, 2.05) is 30.3 Å². The van der Waals surface area contributed by atoms with Crippen LogP contribution in [-0.2, 0) is 0 Å². The van der Waals surface area contributed by atoms with E-state index in [0.717, 1.165) is 11.3 Å². The number of rotatable bonds is 5. The average molecular weight is 379 g/mol. The fourth-order valence-electron chi connectivity index (χ4n) is 1.58. The van der Waals surface area contributed by atoms with Gasteiger partial charge in [-0.05, 0) is 23.8 Å². The third-order valence-corrected chi connectivity index (χ3v) is 3.40. The van der Waals surface area contributed by atoms with Crippen LogP contribution in [0.1, 0.15) is 32.7 Å². The zero-order valence-corrected chi connectivity index (χ0v) is 14.4. The number of benzene rings is 1. The quantitative estimate of drug-likeness (QED) is 0.686. The lowest BCUT2D eigenvalue weighted by atomic mass is 10.2. The molecule has 0 atom stereocenters. The second-order valence-corrected chi connectivity index (χ2v) is 6.31. The summed E-state index contributed by atoms with van der Waals surface area (Å²) in [5.41, 5.74) is 0.950. The minimum atomic E-state index is -0.887. The molecule has 0 fully saturated rings. The van der Waals surface area contributed by atoms with Gasteiger partial charge in [-0.2, -0.15) is 0 Å². The Balaban J connectivity index is 2.28. The standard InChI is InChI=1S/C14H11Cl4N3O/c1-22-9-5-2-8(3-6-9)4-7-10-19-13(11(15)16)21-14(20-10)12(17)18/h2-7,11-12H,1H3. The zero-order valence-electron chi connectivity index (χ0n) is 11.4. The van der Waals surface area contributed by atoms with Gasteiger partial charge < -0.3 is 4.74 Å². The van der Waals surface area contributed by atoms with Gasteiger partial charge in [0.2, 0.25) is 0 Å². The molecule has 0 saturated heterocycles. The normalized spacial score (nSPS) is 11.6. The highest BCUT2D eigenvalue weighted by Gasteiger charge is 2.15. The van der Waals surface area contributed by atoms with Gasteiger partial charge >= 0.3 is 0 Å². The first kappa shape index (κ1) is 17.3. The lowest BCUT2D eigenvalue weighted by molar-refractivity contribution is 0.415. The van der Waals surface area contributed by atoms with Gasteiger partial charge in [-0.1, -0.05) is 64.6 Å². The van der Waals surface area contributed by atoms with Crippen molar-refractivity contribution in [1.29, 1.82) is 0 Å². The number of ether oxygens (including phenoxy) is 1. The molecular weight excluding hydrogens is 368 g/mol. The SMILES string of the molecule is COc1ccc(C=Cc2nc(C(Cl)Cl)nc(C(Cl)Cl)n2)cc1. The van der Waals surface area contributed by atoms with E-state index in [1.165, 1.54) is 0 Å². The van der Waals surface area contributed by atoms with Crippen LogP contribution in [0.5, 0.6) is 5.75 Å². The van der Waals surface area contributed by atoms with Crippen LogP contribution in [0.4, 0.5) is 0 Å². The number of halogens is 4. The van der Waals surface area contributed by atoms with Gasteiger partial charge in [0, 0.05) is 0 Å².